The van der Waals surface area contributed by atoms with E-state index < -0.39 is 0 Å². The number of ether oxygens (including phenoxy) is 2. The first-order valence-electron chi connectivity index (χ1n) is 7.15. The summed E-state index contributed by atoms with van der Waals surface area (Å²) in [5, 5.41) is 0. The second-order valence-electron chi connectivity index (χ2n) is 4.98. The summed E-state index contributed by atoms with van der Waals surface area (Å²) in [5.74, 6) is 0. The lowest BCUT2D eigenvalue weighted by Crippen LogP contribution is -2.02. The largest absolute Gasteiger partial charge is 0.359 e. The highest BCUT2D eigenvalue weighted by Crippen LogP contribution is 2.24. The molecule has 0 heterocycles. The molecule has 0 aromatic heterocycles. The predicted octanol–water partition coefficient (Wildman–Crippen LogP) is 4.72. The molecule has 2 nitrogen and oxygen atoms in total. The molecule has 3 heteroatoms. The van der Waals surface area contributed by atoms with E-state index in [-0.39, 0.29) is 0 Å². The zero-order chi connectivity index (χ0) is 15.1. The van der Waals surface area contributed by atoms with Gasteiger partial charge in [0.2, 0.25) is 0 Å². The average Bonchev–Trinajstić information content (AvgIpc) is 2.51. The molecule has 112 valence electrons. The molecule has 0 saturated heterocycles. The Bertz CT molecular complexity index is 564. The summed E-state index contributed by atoms with van der Waals surface area (Å²) in [6.07, 6.45) is 1.99. The van der Waals surface area contributed by atoms with Crippen molar-refractivity contribution in [3.8, 4) is 0 Å². The lowest BCUT2D eigenvalue weighted by molar-refractivity contribution is -0.0394. The summed E-state index contributed by atoms with van der Waals surface area (Å²) < 4.78 is 11.5. The van der Waals surface area contributed by atoms with Gasteiger partial charge in [0.05, 0.1) is 6.61 Å². The third-order valence-corrected chi connectivity index (χ3v) is 4.23. The monoisotopic (exact) mass is 348 g/mol. The fourth-order valence-electron chi connectivity index (χ4n) is 2.27. The number of rotatable bonds is 7. The first kappa shape index (κ1) is 16.2. The van der Waals surface area contributed by atoms with Crippen molar-refractivity contribution < 1.29 is 9.47 Å². The molecule has 0 spiro atoms. The maximum absolute atomic E-state index is 5.51. The first-order valence-corrected chi connectivity index (χ1v) is 7.94. The maximum atomic E-state index is 5.51. The van der Waals surface area contributed by atoms with Gasteiger partial charge in [0.25, 0.3) is 0 Å². The Balaban J connectivity index is 2.15. The molecule has 21 heavy (non-hydrogen) atoms. The minimum absolute atomic E-state index is 0.311. The molecule has 2 aromatic carbocycles. The van der Waals surface area contributed by atoms with Gasteiger partial charge in [-0.05, 0) is 41.2 Å². The van der Waals surface area contributed by atoms with Gasteiger partial charge in [-0.3, -0.25) is 0 Å². The third-order valence-electron chi connectivity index (χ3n) is 3.49. The van der Waals surface area contributed by atoms with E-state index in [0.29, 0.717) is 13.4 Å². The summed E-state index contributed by atoms with van der Waals surface area (Å²) in [6, 6.07) is 15.1. The number of methoxy groups -OCH3 is 1. The number of hydrogen-bond donors (Lipinski definition) is 0. The van der Waals surface area contributed by atoms with Crippen molar-refractivity contribution >= 4 is 15.9 Å². The van der Waals surface area contributed by atoms with Crippen LogP contribution in [0.25, 0.3) is 0 Å². The molecule has 0 atom stereocenters. The molecule has 0 aliphatic carbocycles. The zero-order valence-electron chi connectivity index (χ0n) is 12.6. The zero-order valence-corrected chi connectivity index (χ0v) is 14.2. The lowest BCUT2D eigenvalue weighted by Gasteiger charge is -2.12. The van der Waals surface area contributed by atoms with Crippen LogP contribution in [0.15, 0.2) is 46.9 Å². The Kier molecular flexibility index (Phi) is 6.43. The van der Waals surface area contributed by atoms with Crippen molar-refractivity contribution in [2.75, 3.05) is 13.9 Å². The highest BCUT2D eigenvalue weighted by molar-refractivity contribution is 9.10. The van der Waals surface area contributed by atoms with Crippen LogP contribution < -0.4 is 0 Å². The molecule has 0 amide bonds. The van der Waals surface area contributed by atoms with Gasteiger partial charge in [-0.2, -0.15) is 0 Å². The molecular weight excluding hydrogens is 328 g/mol. The van der Waals surface area contributed by atoms with Gasteiger partial charge in [0.15, 0.2) is 0 Å². The molecule has 0 N–H and O–H groups in total. The van der Waals surface area contributed by atoms with Crippen molar-refractivity contribution in [1.82, 2.24) is 0 Å². The summed E-state index contributed by atoms with van der Waals surface area (Å²) in [5.41, 5.74) is 5.16. The molecule has 0 aliphatic rings. The van der Waals surface area contributed by atoms with Gasteiger partial charge in [-0.25, -0.2) is 0 Å². The molecule has 0 bridgehead atoms. The lowest BCUT2D eigenvalue weighted by atomic mass is 9.99. The average molecular weight is 349 g/mol. The van der Waals surface area contributed by atoms with Crippen molar-refractivity contribution in [3.05, 3.63) is 69.2 Å². The van der Waals surface area contributed by atoms with E-state index in [1.165, 1.54) is 22.3 Å². The summed E-state index contributed by atoms with van der Waals surface area (Å²) in [7, 11) is 1.64. The number of hydrogen-bond acceptors (Lipinski definition) is 2. The molecule has 0 radical (unpaired) electrons. The van der Waals surface area contributed by atoms with Crippen LogP contribution in [0.5, 0.6) is 0 Å². The van der Waals surface area contributed by atoms with Gasteiger partial charge < -0.3 is 9.47 Å². The number of benzene rings is 2. The van der Waals surface area contributed by atoms with Crippen LogP contribution in [0.2, 0.25) is 0 Å². The fraction of sp³-hybridized carbons (Fsp3) is 0.333. The van der Waals surface area contributed by atoms with Crippen molar-refractivity contribution in [2.24, 2.45) is 0 Å². The minimum atomic E-state index is 0.311. The van der Waals surface area contributed by atoms with E-state index in [1.54, 1.807) is 7.11 Å². The van der Waals surface area contributed by atoms with Crippen molar-refractivity contribution in [2.45, 2.75) is 26.4 Å². The Morgan fingerprint density at radius 3 is 2.38 bits per heavy atom. The summed E-state index contributed by atoms with van der Waals surface area (Å²) >= 11 is 3.61. The molecule has 0 saturated carbocycles. The van der Waals surface area contributed by atoms with Crippen LogP contribution in [-0.2, 0) is 28.9 Å². The number of halogens is 1. The van der Waals surface area contributed by atoms with Gasteiger partial charge >= 0.3 is 0 Å². The second-order valence-corrected chi connectivity index (χ2v) is 5.83. The van der Waals surface area contributed by atoms with E-state index in [2.05, 4.69) is 65.3 Å². The standard InChI is InChI=1S/C18H21BrO2/c1-3-14-7-9-15(10-8-14)11-16-5-4-6-18(19)17(16)12-21-13-20-2/h4-10H,3,11-13H2,1-2H3. The Hall–Kier alpha value is -1.16. The quantitative estimate of drug-likeness (QED) is 0.532. The smallest absolute Gasteiger partial charge is 0.146 e. The number of aryl methyl sites for hydroxylation is 1. The molecule has 2 rings (SSSR count). The Labute approximate surface area is 135 Å². The highest BCUT2D eigenvalue weighted by Gasteiger charge is 2.08. The van der Waals surface area contributed by atoms with Crippen molar-refractivity contribution in [1.29, 1.82) is 0 Å². The van der Waals surface area contributed by atoms with Crippen LogP contribution in [-0.4, -0.2) is 13.9 Å². The van der Waals surface area contributed by atoms with E-state index >= 15 is 0 Å². The topological polar surface area (TPSA) is 18.5 Å². The van der Waals surface area contributed by atoms with Crippen LogP contribution in [0.3, 0.4) is 0 Å². The van der Waals surface area contributed by atoms with E-state index in [9.17, 15) is 0 Å². The SMILES string of the molecule is CCc1ccc(Cc2cccc(Br)c2COCOC)cc1. The molecule has 2 aromatic rings. The van der Waals surface area contributed by atoms with Crippen LogP contribution in [0.1, 0.15) is 29.2 Å². The molecule has 0 fully saturated rings. The van der Waals surface area contributed by atoms with Gasteiger partial charge in [-0.15, -0.1) is 0 Å². The predicted molar refractivity (Wildman–Crippen MR) is 89.4 cm³/mol. The second kappa shape index (κ2) is 8.32. The Morgan fingerprint density at radius 2 is 1.71 bits per heavy atom. The molecule has 0 unspecified atom stereocenters. The molecular formula is C18H21BrO2. The summed E-state index contributed by atoms with van der Waals surface area (Å²) in [4.78, 5) is 0. The molecule has 0 aliphatic heterocycles. The Morgan fingerprint density at radius 1 is 1.00 bits per heavy atom. The van der Waals surface area contributed by atoms with Gasteiger partial charge in [0.1, 0.15) is 6.79 Å². The van der Waals surface area contributed by atoms with E-state index in [4.69, 9.17) is 9.47 Å². The normalized spacial score (nSPS) is 10.8. The third kappa shape index (κ3) is 4.67. The first-order chi connectivity index (χ1) is 10.2. The summed E-state index contributed by atoms with van der Waals surface area (Å²) in [6.45, 7) is 3.04. The fourth-order valence-corrected chi connectivity index (χ4v) is 2.79. The van der Waals surface area contributed by atoms with Gasteiger partial charge in [-0.1, -0.05) is 59.3 Å². The van der Waals surface area contributed by atoms with Crippen LogP contribution >= 0.6 is 15.9 Å². The van der Waals surface area contributed by atoms with Crippen LogP contribution in [0, 0.1) is 0 Å². The highest BCUT2D eigenvalue weighted by atomic mass is 79.9. The van der Waals surface area contributed by atoms with Crippen LogP contribution in [0.4, 0.5) is 0 Å². The minimum Gasteiger partial charge on any atom is -0.359 e. The van der Waals surface area contributed by atoms with Crippen molar-refractivity contribution in [3.63, 3.8) is 0 Å². The van der Waals surface area contributed by atoms with E-state index in [1.807, 2.05) is 0 Å². The van der Waals surface area contributed by atoms with E-state index in [0.717, 1.165) is 17.3 Å². The maximum Gasteiger partial charge on any atom is 0.146 e. The van der Waals surface area contributed by atoms with Gasteiger partial charge in [0, 0.05) is 11.6 Å².